The Hall–Kier alpha value is -2.86. The van der Waals surface area contributed by atoms with Gasteiger partial charge in [0.2, 0.25) is 0 Å². The van der Waals surface area contributed by atoms with Crippen LogP contribution in [0.2, 0.25) is 0 Å². The van der Waals surface area contributed by atoms with Gasteiger partial charge in [-0.05, 0) is 54.8 Å². The van der Waals surface area contributed by atoms with Crippen molar-refractivity contribution in [1.29, 1.82) is 0 Å². The van der Waals surface area contributed by atoms with Crippen molar-refractivity contribution in [3.63, 3.8) is 0 Å². The van der Waals surface area contributed by atoms with E-state index in [4.69, 9.17) is 5.73 Å². The van der Waals surface area contributed by atoms with Crippen molar-refractivity contribution in [3.05, 3.63) is 48.3 Å². The van der Waals surface area contributed by atoms with Crippen LogP contribution in [0.5, 0.6) is 0 Å². The normalized spacial score (nSPS) is 12.1. The Labute approximate surface area is 140 Å². The molecule has 5 N–H and O–H groups in total. The van der Waals surface area contributed by atoms with E-state index in [0.29, 0.717) is 5.82 Å². The van der Waals surface area contributed by atoms with Gasteiger partial charge >= 0.3 is 0 Å². The molecule has 24 heavy (non-hydrogen) atoms. The fourth-order valence-corrected chi connectivity index (χ4v) is 2.55. The Morgan fingerprint density at radius 2 is 2.08 bits per heavy atom. The van der Waals surface area contributed by atoms with Crippen LogP contribution in [0.1, 0.15) is 12.5 Å². The average molecular weight is 323 g/mol. The molecule has 3 aromatic rings. The number of aromatic nitrogens is 3. The molecule has 0 spiro atoms. The largest absolute Gasteiger partial charge is 0.399 e. The van der Waals surface area contributed by atoms with Gasteiger partial charge in [0.05, 0.1) is 18.5 Å². The Kier molecular flexibility index (Phi) is 4.48. The molecule has 6 heteroatoms. The van der Waals surface area contributed by atoms with E-state index < -0.39 is 0 Å². The fraction of sp³-hybridized carbons (Fsp3) is 0.222. The summed E-state index contributed by atoms with van der Waals surface area (Å²) in [5, 5.41) is 19.3. The first-order chi connectivity index (χ1) is 11.6. The van der Waals surface area contributed by atoms with Crippen LogP contribution in [0, 0.1) is 6.92 Å². The van der Waals surface area contributed by atoms with Crippen LogP contribution in [-0.4, -0.2) is 32.9 Å². The highest BCUT2D eigenvalue weighted by Gasteiger charge is 2.11. The number of H-pyrrole nitrogens is 1. The maximum atomic E-state index is 9.29. The highest BCUT2D eigenvalue weighted by molar-refractivity contribution is 5.77. The number of aryl methyl sites for hydroxylation is 1. The molecule has 0 aliphatic carbocycles. The number of aliphatic hydroxyl groups is 1. The number of aromatic amines is 1. The second kappa shape index (κ2) is 6.72. The molecule has 0 fully saturated rings. The molecule has 3 rings (SSSR count). The quantitative estimate of drug-likeness (QED) is 0.541. The summed E-state index contributed by atoms with van der Waals surface area (Å²) in [5.74, 6) is 0.701. The Morgan fingerprint density at radius 1 is 1.25 bits per heavy atom. The molecule has 1 atom stereocenters. The van der Waals surface area contributed by atoms with Crippen molar-refractivity contribution in [3.8, 4) is 22.4 Å². The standard InChI is InChI=1S/C18H21N5O/c1-11-3-4-15(19)7-16(11)13-5-17(14-8-20-21-9-14)23-18(6-13)22-12(2)10-24/h3-9,12,24H,10,19H2,1-2H3,(H,20,21)(H,22,23)/t12-/m1/s1. The van der Waals surface area contributed by atoms with Gasteiger partial charge in [0, 0.05) is 23.5 Å². The van der Waals surface area contributed by atoms with Gasteiger partial charge in [-0.25, -0.2) is 4.98 Å². The third-order valence-electron chi connectivity index (χ3n) is 3.86. The molecule has 0 amide bonds. The summed E-state index contributed by atoms with van der Waals surface area (Å²) >= 11 is 0. The van der Waals surface area contributed by atoms with Gasteiger partial charge in [0.15, 0.2) is 0 Å². The number of hydrogen-bond donors (Lipinski definition) is 4. The van der Waals surface area contributed by atoms with Crippen molar-refractivity contribution in [2.24, 2.45) is 0 Å². The number of nitrogens with zero attached hydrogens (tertiary/aromatic N) is 2. The van der Waals surface area contributed by atoms with E-state index in [2.05, 4.69) is 27.4 Å². The zero-order chi connectivity index (χ0) is 17.1. The average Bonchev–Trinajstić information content (AvgIpc) is 3.11. The summed E-state index contributed by atoms with van der Waals surface area (Å²) in [6, 6.07) is 9.75. The molecule has 2 aromatic heterocycles. The van der Waals surface area contributed by atoms with Crippen LogP contribution < -0.4 is 11.1 Å². The van der Waals surface area contributed by atoms with Gasteiger partial charge in [0.25, 0.3) is 0 Å². The Bertz CT molecular complexity index is 829. The molecule has 0 bridgehead atoms. The summed E-state index contributed by atoms with van der Waals surface area (Å²) < 4.78 is 0. The highest BCUT2D eigenvalue weighted by Crippen LogP contribution is 2.31. The molecule has 0 unspecified atom stereocenters. The first-order valence-corrected chi connectivity index (χ1v) is 7.82. The van der Waals surface area contributed by atoms with Crippen molar-refractivity contribution in [1.82, 2.24) is 15.2 Å². The number of rotatable bonds is 5. The van der Waals surface area contributed by atoms with E-state index in [-0.39, 0.29) is 12.6 Å². The minimum absolute atomic E-state index is 0.0320. The monoisotopic (exact) mass is 323 g/mol. The predicted octanol–water partition coefficient (Wildman–Crippen LogP) is 2.82. The van der Waals surface area contributed by atoms with Gasteiger partial charge in [-0.15, -0.1) is 0 Å². The zero-order valence-electron chi connectivity index (χ0n) is 13.7. The maximum absolute atomic E-state index is 9.29. The molecule has 0 saturated heterocycles. The molecule has 124 valence electrons. The van der Waals surface area contributed by atoms with E-state index in [0.717, 1.165) is 33.6 Å². The molecule has 6 nitrogen and oxygen atoms in total. The lowest BCUT2D eigenvalue weighted by Gasteiger charge is -2.15. The summed E-state index contributed by atoms with van der Waals surface area (Å²) in [7, 11) is 0. The van der Waals surface area contributed by atoms with Gasteiger partial charge in [0.1, 0.15) is 5.82 Å². The van der Waals surface area contributed by atoms with E-state index in [1.807, 2.05) is 37.3 Å². The zero-order valence-corrected chi connectivity index (χ0v) is 13.7. The fourth-order valence-electron chi connectivity index (χ4n) is 2.55. The molecule has 2 heterocycles. The first-order valence-electron chi connectivity index (χ1n) is 7.82. The summed E-state index contributed by atoms with van der Waals surface area (Å²) in [6.07, 6.45) is 3.54. The van der Waals surface area contributed by atoms with Crippen LogP contribution in [0.15, 0.2) is 42.7 Å². The van der Waals surface area contributed by atoms with Crippen molar-refractivity contribution in [2.45, 2.75) is 19.9 Å². The third kappa shape index (κ3) is 3.38. The minimum atomic E-state index is -0.0908. The van der Waals surface area contributed by atoms with Crippen LogP contribution >= 0.6 is 0 Å². The summed E-state index contributed by atoms with van der Waals surface area (Å²) in [4.78, 5) is 4.63. The first kappa shape index (κ1) is 16.0. The highest BCUT2D eigenvalue weighted by atomic mass is 16.3. The van der Waals surface area contributed by atoms with Gasteiger partial charge in [-0.1, -0.05) is 6.07 Å². The Morgan fingerprint density at radius 3 is 2.79 bits per heavy atom. The third-order valence-corrected chi connectivity index (χ3v) is 3.86. The molecular formula is C18H21N5O. The van der Waals surface area contributed by atoms with E-state index in [1.54, 1.807) is 12.4 Å². The molecule has 0 aliphatic rings. The second-order valence-electron chi connectivity index (χ2n) is 5.92. The number of benzene rings is 1. The Balaban J connectivity index is 2.12. The van der Waals surface area contributed by atoms with Crippen LogP contribution in [0.25, 0.3) is 22.4 Å². The molecule has 1 aromatic carbocycles. The van der Waals surface area contributed by atoms with Crippen LogP contribution in [-0.2, 0) is 0 Å². The van der Waals surface area contributed by atoms with Gasteiger partial charge in [-0.3, -0.25) is 5.10 Å². The SMILES string of the molecule is Cc1ccc(N)cc1-c1cc(N[C@H](C)CO)nc(-c2cn[nH]c2)c1. The summed E-state index contributed by atoms with van der Waals surface area (Å²) in [6.45, 7) is 3.98. The van der Waals surface area contributed by atoms with Crippen LogP contribution in [0.4, 0.5) is 11.5 Å². The number of nitrogens with one attached hydrogen (secondary N) is 2. The number of nitrogen functional groups attached to an aromatic ring is 1. The second-order valence-corrected chi connectivity index (χ2v) is 5.92. The van der Waals surface area contributed by atoms with Crippen LogP contribution in [0.3, 0.4) is 0 Å². The lowest BCUT2D eigenvalue weighted by atomic mass is 9.99. The molecule has 0 aliphatic heterocycles. The van der Waals surface area contributed by atoms with Crippen molar-refractivity contribution in [2.75, 3.05) is 17.7 Å². The maximum Gasteiger partial charge on any atom is 0.127 e. The van der Waals surface area contributed by atoms with Gasteiger partial charge in [-0.2, -0.15) is 5.10 Å². The van der Waals surface area contributed by atoms with E-state index >= 15 is 0 Å². The predicted molar refractivity (Wildman–Crippen MR) is 96.6 cm³/mol. The number of nitrogens with two attached hydrogens (primary N) is 1. The van der Waals surface area contributed by atoms with E-state index in [1.165, 1.54) is 0 Å². The molecule has 0 radical (unpaired) electrons. The number of pyridine rings is 1. The summed E-state index contributed by atoms with van der Waals surface area (Å²) in [5.41, 5.74) is 11.6. The smallest absolute Gasteiger partial charge is 0.127 e. The lowest BCUT2D eigenvalue weighted by Crippen LogP contribution is -2.20. The number of aliphatic hydroxyl groups excluding tert-OH is 1. The van der Waals surface area contributed by atoms with E-state index in [9.17, 15) is 5.11 Å². The minimum Gasteiger partial charge on any atom is -0.399 e. The molecule has 0 saturated carbocycles. The molecular weight excluding hydrogens is 302 g/mol. The van der Waals surface area contributed by atoms with Gasteiger partial charge < -0.3 is 16.2 Å². The van der Waals surface area contributed by atoms with Crippen molar-refractivity contribution >= 4 is 11.5 Å². The number of hydrogen-bond acceptors (Lipinski definition) is 5. The number of anilines is 2. The topological polar surface area (TPSA) is 99.8 Å². The van der Waals surface area contributed by atoms with Crippen molar-refractivity contribution < 1.29 is 5.11 Å². The lowest BCUT2D eigenvalue weighted by molar-refractivity contribution is 0.281.